The Morgan fingerprint density at radius 1 is 1.03 bits per heavy atom. The molecular formula is C29H24ClN3O5. The van der Waals surface area contributed by atoms with Gasteiger partial charge in [-0.2, -0.15) is 5.10 Å². The summed E-state index contributed by atoms with van der Waals surface area (Å²) in [4.78, 5) is 40.9. The van der Waals surface area contributed by atoms with Gasteiger partial charge in [-0.25, -0.2) is 5.01 Å². The topological polar surface area (TPSA) is 112 Å². The Balaban J connectivity index is 1.70. The lowest BCUT2D eigenvalue weighted by Crippen LogP contribution is -2.27. The third-order valence-electron chi connectivity index (χ3n) is 6.56. The molecule has 0 saturated heterocycles. The minimum Gasteiger partial charge on any atom is -0.496 e. The Morgan fingerprint density at radius 2 is 1.74 bits per heavy atom. The number of fused-ring (bicyclic) bond motifs is 1. The molecule has 38 heavy (non-hydrogen) atoms. The van der Waals surface area contributed by atoms with E-state index in [9.17, 15) is 14.4 Å². The van der Waals surface area contributed by atoms with E-state index in [1.54, 1.807) is 25.3 Å². The number of nitrogens with one attached hydrogen (secondary N) is 1. The molecule has 1 aromatic heterocycles. The van der Waals surface area contributed by atoms with Crippen LogP contribution in [0.15, 0.2) is 82.7 Å². The van der Waals surface area contributed by atoms with E-state index in [-0.39, 0.29) is 24.8 Å². The lowest BCUT2D eigenvalue weighted by Gasteiger charge is -2.23. The smallest absolute Gasteiger partial charge is 0.303 e. The van der Waals surface area contributed by atoms with Gasteiger partial charge in [0.1, 0.15) is 5.75 Å². The Morgan fingerprint density at radius 3 is 2.47 bits per heavy atom. The summed E-state index contributed by atoms with van der Waals surface area (Å²) in [5, 5.41) is 16.5. The third kappa shape index (κ3) is 4.78. The maximum absolute atomic E-state index is 13.6. The second kappa shape index (κ2) is 10.5. The molecule has 0 unspecified atom stereocenters. The molecule has 8 nitrogen and oxygen atoms in total. The van der Waals surface area contributed by atoms with Crippen molar-refractivity contribution in [2.24, 2.45) is 5.10 Å². The van der Waals surface area contributed by atoms with Crippen molar-refractivity contribution < 1.29 is 19.4 Å². The summed E-state index contributed by atoms with van der Waals surface area (Å²) in [5.41, 5.74) is 3.26. The SMILES string of the molecule is COc1ccccc1[C@H]1CC(c2c(-c3ccc(Cl)cc3)c3ccccc3[nH]c2=O)=NN1C(=O)CCC(=O)O. The molecule has 0 bridgehead atoms. The van der Waals surface area contributed by atoms with Crippen molar-refractivity contribution in [3.63, 3.8) is 0 Å². The highest BCUT2D eigenvalue weighted by atomic mass is 35.5. The predicted molar refractivity (Wildman–Crippen MR) is 146 cm³/mol. The number of carbonyl (C=O) groups is 2. The highest BCUT2D eigenvalue weighted by Gasteiger charge is 2.36. The fourth-order valence-electron chi connectivity index (χ4n) is 4.84. The highest BCUT2D eigenvalue weighted by molar-refractivity contribution is 6.30. The average molecular weight is 530 g/mol. The van der Waals surface area contributed by atoms with Crippen molar-refractivity contribution in [3.05, 3.63) is 99.3 Å². The maximum Gasteiger partial charge on any atom is 0.303 e. The van der Waals surface area contributed by atoms with Gasteiger partial charge in [-0.1, -0.05) is 60.1 Å². The molecule has 5 rings (SSSR count). The Hall–Kier alpha value is -4.43. The molecule has 0 aliphatic carbocycles. The molecule has 0 spiro atoms. The molecule has 2 heterocycles. The summed E-state index contributed by atoms with van der Waals surface area (Å²) in [6.07, 6.45) is -0.317. The van der Waals surface area contributed by atoms with E-state index in [0.29, 0.717) is 38.7 Å². The normalized spacial score (nSPS) is 14.9. The summed E-state index contributed by atoms with van der Waals surface area (Å²) >= 11 is 6.15. The number of para-hydroxylation sites is 2. The zero-order chi connectivity index (χ0) is 26.8. The number of aromatic nitrogens is 1. The first kappa shape index (κ1) is 25.2. The number of pyridine rings is 1. The second-order valence-corrected chi connectivity index (χ2v) is 9.33. The summed E-state index contributed by atoms with van der Waals surface area (Å²) in [6, 6.07) is 21.4. The van der Waals surface area contributed by atoms with Gasteiger partial charge >= 0.3 is 5.97 Å². The van der Waals surface area contributed by atoms with Crippen LogP contribution in [-0.2, 0) is 9.59 Å². The number of nitrogens with zero attached hydrogens (tertiary/aromatic N) is 2. The van der Waals surface area contributed by atoms with Crippen LogP contribution in [0.1, 0.15) is 36.4 Å². The van der Waals surface area contributed by atoms with Crippen molar-refractivity contribution in [2.75, 3.05) is 7.11 Å². The van der Waals surface area contributed by atoms with Gasteiger partial charge in [-0.3, -0.25) is 14.4 Å². The number of aliphatic carboxylic acids is 1. The first-order valence-electron chi connectivity index (χ1n) is 12.0. The summed E-state index contributed by atoms with van der Waals surface area (Å²) in [6.45, 7) is 0. The van der Waals surface area contributed by atoms with Gasteiger partial charge in [0.25, 0.3) is 5.56 Å². The number of carboxylic acids is 1. The number of hydrogen-bond acceptors (Lipinski definition) is 5. The van der Waals surface area contributed by atoms with Gasteiger partial charge in [-0.05, 0) is 29.8 Å². The van der Waals surface area contributed by atoms with Crippen LogP contribution >= 0.6 is 11.6 Å². The van der Waals surface area contributed by atoms with Crippen LogP contribution in [0.3, 0.4) is 0 Å². The van der Waals surface area contributed by atoms with Crippen molar-refractivity contribution in [3.8, 4) is 16.9 Å². The van der Waals surface area contributed by atoms with Gasteiger partial charge < -0.3 is 14.8 Å². The number of amides is 1. The quantitative estimate of drug-likeness (QED) is 0.333. The molecule has 0 fully saturated rings. The van der Waals surface area contributed by atoms with E-state index in [1.165, 1.54) is 5.01 Å². The van der Waals surface area contributed by atoms with Crippen LogP contribution in [0.4, 0.5) is 0 Å². The number of aromatic amines is 1. The molecule has 1 aliphatic heterocycles. The minimum atomic E-state index is -1.08. The molecular weight excluding hydrogens is 506 g/mol. The van der Waals surface area contributed by atoms with Crippen molar-refractivity contribution >= 4 is 40.1 Å². The van der Waals surface area contributed by atoms with E-state index in [1.807, 2.05) is 54.6 Å². The highest BCUT2D eigenvalue weighted by Crippen LogP contribution is 2.40. The molecule has 4 aromatic rings. The van der Waals surface area contributed by atoms with Crippen LogP contribution in [0.2, 0.25) is 5.02 Å². The van der Waals surface area contributed by atoms with Crippen LogP contribution in [-0.4, -0.2) is 39.8 Å². The zero-order valence-corrected chi connectivity index (χ0v) is 21.2. The number of hydrazone groups is 1. The molecule has 9 heteroatoms. The molecule has 1 aliphatic rings. The van der Waals surface area contributed by atoms with E-state index in [4.69, 9.17) is 21.4 Å². The molecule has 0 radical (unpaired) electrons. The van der Waals surface area contributed by atoms with Crippen LogP contribution in [0.25, 0.3) is 22.0 Å². The molecule has 1 amide bonds. The molecule has 2 N–H and O–H groups in total. The first-order chi connectivity index (χ1) is 18.4. The lowest BCUT2D eigenvalue weighted by molar-refractivity contribution is -0.141. The van der Waals surface area contributed by atoms with Crippen LogP contribution in [0.5, 0.6) is 5.75 Å². The van der Waals surface area contributed by atoms with E-state index < -0.39 is 17.9 Å². The van der Waals surface area contributed by atoms with Gasteiger partial charge in [0.05, 0.1) is 30.8 Å². The summed E-state index contributed by atoms with van der Waals surface area (Å²) in [7, 11) is 1.54. The zero-order valence-electron chi connectivity index (χ0n) is 20.5. The van der Waals surface area contributed by atoms with E-state index >= 15 is 0 Å². The van der Waals surface area contributed by atoms with E-state index in [0.717, 1.165) is 10.9 Å². The monoisotopic (exact) mass is 529 g/mol. The minimum absolute atomic E-state index is 0.226. The molecule has 192 valence electrons. The number of rotatable bonds is 7. The van der Waals surface area contributed by atoms with Crippen molar-refractivity contribution in [1.29, 1.82) is 0 Å². The van der Waals surface area contributed by atoms with Gasteiger partial charge in [0, 0.05) is 39.9 Å². The van der Waals surface area contributed by atoms with Gasteiger partial charge in [0.2, 0.25) is 5.91 Å². The van der Waals surface area contributed by atoms with E-state index in [2.05, 4.69) is 10.1 Å². The lowest BCUT2D eigenvalue weighted by atomic mass is 9.91. The van der Waals surface area contributed by atoms with Crippen LogP contribution < -0.4 is 10.3 Å². The first-order valence-corrected chi connectivity index (χ1v) is 12.4. The van der Waals surface area contributed by atoms with Crippen molar-refractivity contribution in [2.45, 2.75) is 25.3 Å². The fraction of sp³-hybridized carbons (Fsp3) is 0.172. The third-order valence-corrected chi connectivity index (χ3v) is 6.81. The Labute approximate surface area is 223 Å². The Kier molecular flexibility index (Phi) is 6.98. The largest absolute Gasteiger partial charge is 0.496 e. The number of methoxy groups -OCH3 is 1. The maximum atomic E-state index is 13.6. The molecule has 1 atom stereocenters. The number of halogens is 1. The fourth-order valence-corrected chi connectivity index (χ4v) is 4.96. The summed E-state index contributed by atoms with van der Waals surface area (Å²) < 4.78 is 5.55. The van der Waals surface area contributed by atoms with Gasteiger partial charge in [-0.15, -0.1) is 0 Å². The molecule has 3 aromatic carbocycles. The number of H-pyrrole nitrogens is 1. The molecule has 0 saturated carbocycles. The second-order valence-electron chi connectivity index (χ2n) is 8.90. The number of carbonyl (C=O) groups excluding carboxylic acids is 1. The average Bonchev–Trinajstić information content (AvgIpc) is 3.36. The van der Waals surface area contributed by atoms with Crippen molar-refractivity contribution in [1.82, 2.24) is 9.99 Å². The summed E-state index contributed by atoms with van der Waals surface area (Å²) in [5.74, 6) is -0.967. The number of ether oxygens (including phenoxy) is 1. The predicted octanol–water partition coefficient (Wildman–Crippen LogP) is 5.40. The number of benzene rings is 3. The standard InChI is InChI=1S/C29H24ClN3O5/c1-38-24-9-5-3-7-20(24)23-16-22(32-33(23)25(34)14-15-26(35)36)28-27(17-10-12-18(30)13-11-17)19-6-2-4-8-21(19)31-29(28)37/h2-13,23H,14-16H2,1H3,(H,31,37)(H,35,36)/t23-/m1/s1. The number of hydrogen-bond donors (Lipinski definition) is 2. The van der Waals surface area contributed by atoms with Gasteiger partial charge in [0.15, 0.2) is 0 Å². The van der Waals surface area contributed by atoms with Crippen LogP contribution in [0, 0.1) is 0 Å². The number of carboxylic acid groups (broad SMARTS) is 1. The Bertz CT molecular complexity index is 1630.